The highest BCUT2D eigenvalue weighted by Gasteiger charge is 2.54. The number of amides is 3. The van der Waals surface area contributed by atoms with E-state index in [0.29, 0.717) is 17.1 Å². The van der Waals surface area contributed by atoms with E-state index in [2.05, 4.69) is 5.32 Å². The lowest BCUT2D eigenvalue weighted by Gasteiger charge is -2.32. The number of likely N-dealkylation sites (tertiary alicyclic amines) is 1. The maximum atomic E-state index is 12.2. The third kappa shape index (κ3) is 2.82. The Morgan fingerprint density at radius 3 is 2.73 bits per heavy atom. The molecule has 120 valence electrons. The Morgan fingerprint density at radius 2 is 2.14 bits per heavy atom. The van der Waals surface area contributed by atoms with Gasteiger partial charge >= 0.3 is 6.03 Å². The molecule has 3 amide bonds. The quantitative estimate of drug-likeness (QED) is 0.926. The number of rotatable bonds is 3. The summed E-state index contributed by atoms with van der Waals surface area (Å²) in [5.41, 5.74) is 0.333. The summed E-state index contributed by atoms with van der Waals surface area (Å²) in [6, 6.07) is 3.42. The molecule has 0 radical (unpaired) electrons. The van der Waals surface area contributed by atoms with Crippen molar-refractivity contribution in [3.05, 3.63) is 24.2 Å². The number of nitrogens with zero attached hydrogens (tertiary/aromatic N) is 2. The van der Waals surface area contributed by atoms with Gasteiger partial charge in [-0.2, -0.15) is 0 Å². The van der Waals surface area contributed by atoms with Crippen LogP contribution in [0.15, 0.2) is 22.8 Å². The van der Waals surface area contributed by atoms with Crippen molar-refractivity contribution in [3.63, 3.8) is 0 Å². The molecule has 6 heteroatoms. The Labute approximate surface area is 130 Å². The topological polar surface area (TPSA) is 65.8 Å². The Kier molecular flexibility index (Phi) is 3.85. The van der Waals surface area contributed by atoms with E-state index < -0.39 is 0 Å². The molecule has 2 heterocycles. The minimum absolute atomic E-state index is 0.0158. The molecule has 22 heavy (non-hydrogen) atoms. The lowest BCUT2D eigenvalue weighted by Crippen LogP contribution is -2.40. The molecule has 2 fully saturated rings. The Morgan fingerprint density at radius 1 is 1.41 bits per heavy atom. The average molecular weight is 305 g/mol. The zero-order valence-electron chi connectivity index (χ0n) is 13.2. The van der Waals surface area contributed by atoms with Gasteiger partial charge < -0.3 is 19.5 Å². The zero-order valence-corrected chi connectivity index (χ0v) is 13.2. The first-order chi connectivity index (χ1) is 10.5. The molecular weight excluding hydrogens is 282 g/mol. The van der Waals surface area contributed by atoms with Crippen LogP contribution in [-0.2, 0) is 0 Å². The lowest BCUT2D eigenvalue weighted by atomic mass is 9.90. The number of hydrogen-bond donors (Lipinski definition) is 1. The number of hydrogen-bond acceptors (Lipinski definition) is 3. The Bertz CT molecular complexity index is 545. The van der Waals surface area contributed by atoms with Crippen LogP contribution >= 0.6 is 0 Å². The molecule has 1 atom stereocenters. The van der Waals surface area contributed by atoms with Gasteiger partial charge in [-0.25, -0.2) is 4.79 Å². The van der Waals surface area contributed by atoms with Crippen molar-refractivity contribution in [3.8, 4) is 0 Å². The van der Waals surface area contributed by atoms with E-state index in [1.807, 2.05) is 4.90 Å². The van der Waals surface area contributed by atoms with Crippen molar-refractivity contribution < 1.29 is 14.0 Å². The van der Waals surface area contributed by atoms with E-state index in [4.69, 9.17) is 4.42 Å². The Hall–Kier alpha value is -1.98. The molecule has 0 bridgehead atoms. The molecule has 1 N–H and O–H groups in total. The van der Waals surface area contributed by atoms with E-state index in [9.17, 15) is 9.59 Å². The van der Waals surface area contributed by atoms with E-state index in [1.165, 1.54) is 6.26 Å². The molecule has 1 spiro atoms. The second-order valence-corrected chi connectivity index (χ2v) is 6.61. The number of nitrogens with one attached hydrogen (secondary N) is 1. The van der Waals surface area contributed by atoms with E-state index >= 15 is 0 Å². The van der Waals surface area contributed by atoms with Crippen LogP contribution in [0.3, 0.4) is 0 Å². The van der Waals surface area contributed by atoms with Crippen molar-refractivity contribution in [2.75, 3.05) is 33.7 Å². The fourth-order valence-electron chi connectivity index (χ4n) is 3.41. The molecule has 1 aromatic rings. The summed E-state index contributed by atoms with van der Waals surface area (Å²) in [4.78, 5) is 27.2. The summed E-state index contributed by atoms with van der Waals surface area (Å²) in [7, 11) is 3.49. The van der Waals surface area contributed by atoms with Gasteiger partial charge in [-0.3, -0.25) is 4.79 Å². The fraction of sp³-hybridized carbons (Fsp3) is 0.625. The van der Waals surface area contributed by atoms with Crippen LogP contribution in [0.4, 0.5) is 4.79 Å². The van der Waals surface area contributed by atoms with E-state index in [0.717, 1.165) is 38.9 Å². The normalized spacial score (nSPS) is 22.5. The van der Waals surface area contributed by atoms with Crippen LogP contribution in [-0.4, -0.2) is 55.5 Å². The Balaban J connectivity index is 1.47. The number of carbonyl (C=O) groups excluding carboxylic acids is 2. The van der Waals surface area contributed by atoms with Gasteiger partial charge in [0.05, 0.1) is 6.26 Å². The van der Waals surface area contributed by atoms with Crippen LogP contribution in [0.2, 0.25) is 0 Å². The van der Waals surface area contributed by atoms with Crippen LogP contribution in [0.5, 0.6) is 0 Å². The predicted octanol–water partition coefficient (Wildman–Crippen LogP) is 1.79. The van der Waals surface area contributed by atoms with Crippen molar-refractivity contribution in [2.24, 2.45) is 11.3 Å². The highest BCUT2D eigenvalue weighted by Crippen LogP contribution is 2.59. The number of urea groups is 1. The van der Waals surface area contributed by atoms with Crippen molar-refractivity contribution >= 4 is 11.9 Å². The molecule has 0 aromatic carbocycles. The van der Waals surface area contributed by atoms with Crippen molar-refractivity contribution in [1.82, 2.24) is 15.1 Å². The van der Waals surface area contributed by atoms with Crippen LogP contribution in [0.1, 0.15) is 29.8 Å². The van der Waals surface area contributed by atoms with Gasteiger partial charge in [0.25, 0.3) is 5.91 Å². The van der Waals surface area contributed by atoms with Crippen LogP contribution in [0, 0.1) is 11.3 Å². The van der Waals surface area contributed by atoms with Gasteiger partial charge in [-0.05, 0) is 42.7 Å². The summed E-state index contributed by atoms with van der Waals surface area (Å²) >= 11 is 0. The summed E-state index contributed by atoms with van der Waals surface area (Å²) in [5, 5.41) is 2.96. The summed E-state index contributed by atoms with van der Waals surface area (Å²) in [5.74, 6) is 0.955. The predicted molar refractivity (Wildman–Crippen MR) is 81.5 cm³/mol. The van der Waals surface area contributed by atoms with Crippen molar-refractivity contribution in [1.29, 1.82) is 0 Å². The molecule has 1 aliphatic heterocycles. The lowest BCUT2D eigenvalue weighted by molar-refractivity contribution is 0.0637. The summed E-state index contributed by atoms with van der Waals surface area (Å²) < 4.78 is 5.18. The van der Waals surface area contributed by atoms with Crippen molar-refractivity contribution in [2.45, 2.75) is 19.3 Å². The minimum Gasteiger partial charge on any atom is -0.459 e. The van der Waals surface area contributed by atoms with Gasteiger partial charge in [0, 0.05) is 33.7 Å². The fourth-order valence-corrected chi connectivity index (χ4v) is 3.41. The number of piperidine rings is 1. The van der Waals surface area contributed by atoms with Gasteiger partial charge in [-0.15, -0.1) is 0 Å². The summed E-state index contributed by atoms with van der Waals surface area (Å²) in [6.45, 7) is 2.29. The maximum absolute atomic E-state index is 12.2. The highest BCUT2D eigenvalue weighted by molar-refractivity contribution is 5.91. The SMILES string of the molecule is CN(C)C(=O)NC[C@@H]1CC12CCN(C(=O)c1ccco1)CC2. The van der Waals surface area contributed by atoms with E-state index in [1.54, 1.807) is 31.1 Å². The van der Waals surface area contributed by atoms with E-state index in [-0.39, 0.29) is 11.9 Å². The molecule has 1 aliphatic carbocycles. The smallest absolute Gasteiger partial charge is 0.316 e. The van der Waals surface area contributed by atoms with Gasteiger partial charge in [0.15, 0.2) is 5.76 Å². The molecule has 1 saturated carbocycles. The molecule has 2 aliphatic rings. The van der Waals surface area contributed by atoms with Gasteiger partial charge in [0.2, 0.25) is 0 Å². The second kappa shape index (κ2) is 5.66. The first-order valence-corrected chi connectivity index (χ1v) is 7.80. The largest absolute Gasteiger partial charge is 0.459 e. The van der Waals surface area contributed by atoms with Crippen LogP contribution < -0.4 is 5.32 Å². The van der Waals surface area contributed by atoms with Gasteiger partial charge in [0.1, 0.15) is 0 Å². The number of furan rings is 1. The first-order valence-electron chi connectivity index (χ1n) is 7.80. The molecule has 0 unspecified atom stereocenters. The highest BCUT2D eigenvalue weighted by atomic mass is 16.3. The van der Waals surface area contributed by atoms with Gasteiger partial charge in [-0.1, -0.05) is 0 Å². The monoisotopic (exact) mass is 305 g/mol. The zero-order chi connectivity index (χ0) is 15.7. The van der Waals surface area contributed by atoms with Crippen LogP contribution in [0.25, 0.3) is 0 Å². The number of carbonyl (C=O) groups is 2. The average Bonchev–Trinajstić information content (AvgIpc) is 2.93. The first kappa shape index (κ1) is 14.9. The molecule has 1 saturated heterocycles. The third-order valence-corrected chi connectivity index (χ3v) is 5.04. The minimum atomic E-state index is -0.0347. The summed E-state index contributed by atoms with van der Waals surface area (Å²) in [6.07, 6.45) is 4.72. The second-order valence-electron chi connectivity index (χ2n) is 6.61. The third-order valence-electron chi connectivity index (χ3n) is 5.04. The molecule has 1 aromatic heterocycles. The molecular formula is C16H23N3O3. The molecule has 6 nitrogen and oxygen atoms in total. The maximum Gasteiger partial charge on any atom is 0.316 e. The molecule has 3 rings (SSSR count). The standard InChI is InChI=1S/C16H23N3O3/c1-18(2)15(21)17-11-12-10-16(12)5-7-19(8-6-16)14(20)13-4-3-9-22-13/h3-4,9,12H,5-8,10-11H2,1-2H3,(H,17,21)/t12-/m0/s1.